The van der Waals surface area contributed by atoms with E-state index in [9.17, 15) is 9.59 Å². The Labute approximate surface area is 133 Å². The van der Waals surface area contributed by atoms with Gasteiger partial charge in [-0.05, 0) is 49.9 Å². The first kappa shape index (κ1) is 14.4. The highest BCUT2D eigenvalue weighted by atomic mass is 16.1. The van der Waals surface area contributed by atoms with Gasteiger partial charge in [-0.3, -0.25) is 9.59 Å². The summed E-state index contributed by atoms with van der Waals surface area (Å²) in [5, 5.41) is 0. The van der Waals surface area contributed by atoms with Gasteiger partial charge in [-0.1, -0.05) is 24.6 Å². The quantitative estimate of drug-likeness (QED) is 0.678. The average molecular weight is 298 g/mol. The van der Waals surface area contributed by atoms with Crippen molar-refractivity contribution in [3.8, 4) is 0 Å². The van der Waals surface area contributed by atoms with Crippen molar-refractivity contribution in [2.24, 2.45) is 28.6 Å². The lowest BCUT2D eigenvalue weighted by atomic mass is 9.47. The van der Waals surface area contributed by atoms with Crippen molar-refractivity contribution < 1.29 is 9.59 Å². The summed E-state index contributed by atoms with van der Waals surface area (Å²) in [5.74, 6) is 2.64. The van der Waals surface area contributed by atoms with Gasteiger partial charge in [0, 0.05) is 30.1 Å². The minimum Gasteiger partial charge on any atom is -0.299 e. The third kappa shape index (κ3) is 1.67. The number of Topliss-reactive ketones (excluding diaryl/α,β-unsaturated/α-hetero) is 2. The highest BCUT2D eigenvalue weighted by Crippen LogP contribution is 2.64. The molecule has 2 heteroatoms. The Kier molecular flexibility index (Phi) is 3.05. The molecule has 3 fully saturated rings. The maximum atomic E-state index is 12.4. The first-order valence-corrected chi connectivity index (χ1v) is 8.89. The predicted molar refractivity (Wildman–Crippen MR) is 86.2 cm³/mol. The molecule has 0 unspecified atom stereocenters. The third-order valence-corrected chi connectivity index (χ3v) is 7.61. The summed E-state index contributed by atoms with van der Waals surface area (Å²) in [7, 11) is 0. The molecule has 0 saturated heterocycles. The molecule has 4 aliphatic rings. The summed E-state index contributed by atoms with van der Waals surface area (Å²) in [6.45, 7) is 6.39. The Morgan fingerprint density at radius 1 is 1.18 bits per heavy atom. The number of carbonyl (C=O) groups is 2. The summed E-state index contributed by atoms with van der Waals surface area (Å²) in [6, 6.07) is 0. The number of rotatable bonds is 1. The maximum absolute atomic E-state index is 12.4. The second-order valence-electron chi connectivity index (χ2n) is 8.22. The molecule has 0 heterocycles. The Morgan fingerprint density at radius 3 is 2.77 bits per heavy atom. The standard InChI is InChI=1S/C20H26O2/c1-3-20-11-8-14(21)12-13(20)4-5-15-16-6-7-18(22)19(16,2)10-9-17(15)20/h3-4,15-17H,1,5-12H2,2H3/t15-,16-,17-,19-,20-/m0/s1. The molecule has 0 radical (unpaired) electrons. The monoisotopic (exact) mass is 298 g/mol. The first-order valence-electron chi connectivity index (χ1n) is 8.89. The zero-order valence-electron chi connectivity index (χ0n) is 13.6. The molecule has 0 aromatic rings. The molecule has 118 valence electrons. The van der Waals surface area contributed by atoms with Crippen molar-refractivity contribution in [2.75, 3.05) is 0 Å². The van der Waals surface area contributed by atoms with Crippen molar-refractivity contribution in [3.05, 3.63) is 24.3 Å². The van der Waals surface area contributed by atoms with E-state index in [2.05, 4.69) is 25.7 Å². The van der Waals surface area contributed by atoms with Crippen molar-refractivity contribution in [2.45, 2.75) is 58.3 Å². The van der Waals surface area contributed by atoms with Gasteiger partial charge in [-0.25, -0.2) is 0 Å². The lowest BCUT2D eigenvalue weighted by Crippen LogP contribution is -2.50. The van der Waals surface area contributed by atoms with E-state index in [0.29, 0.717) is 42.2 Å². The van der Waals surface area contributed by atoms with Gasteiger partial charge in [0.05, 0.1) is 0 Å². The van der Waals surface area contributed by atoms with Crippen molar-refractivity contribution in [1.29, 1.82) is 0 Å². The van der Waals surface area contributed by atoms with Crippen LogP contribution >= 0.6 is 0 Å². The minimum atomic E-state index is -0.0701. The van der Waals surface area contributed by atoms with E-state index < -0.39 is 0 Å². The van der Waals surface area contributed by atoms with Crippen LogP contribution < -0.4 is 0 Å². The average Bonchev–Trinajstić information content (AvgIpc) is 2.82. The molecule has 4 aliphatic carbocycles. The summed E-state index contributed by atoms with van der Waals surface area (Å²) in [6.07, 6.45) is 11.9. The van der Waals surface area contributed by atoms with Gasteiger partial charge in [0.2, 0.25) is 0 Å². The number of hydrogen-bond acceptors (Lipinski definition) is 2. The Balaban J connectivity index is 1.75. The van der Waals surface area contributed by atoms with Crippen LogP contribution in [0.5, 0.6) is 0 Å². The van der Waals surface area contributed by atoms with E-state index in [1.54, 1.807) is 0 Å². The van der Waals surface area contributed by atoms with Crippen LogP contribution in [-0.2, 0) is 9.59 Å². The van der Waals surface area contributed by atoms with Crippen LogP contribution in [0.4, 0.5) is 0 Å². The first-order chi connectivity index (χ1) is 10.5. The number of allylic oxidation sites excluding steroid dienone is 3. The van der Waals surface area contributed by atoms with E-state index in [-0.39, 0.29) is 10.8 Å². The maximum Gasteiger partial charge on any atom is 0.139 e. The van der Waals surface area contributed by atoms with E-state index in [1.165, 1.54) is 5.57 Å². The molecule has 0 aromatic heterocycles. The minimum absolute atomic E-state index is 0.0454. The van der Waals surface area contributed by atoms with Gasteiger partial charge in [-0.15, -0.1) is 6.58 Å². The topological polar surface area (TPSA) is 34.1 Å². The van der Waals surface area contributed by atoms with Gasteiger partial charge >= 0.3 is 0 Å². The SMILES string of the molecule is C=C[C@]12CCC(=O)CC1=CC[C@@H]1[C@@H]2CC[C@]2(C)C(=O)CC[C@@H]12. The lowest BCUT2D eigenvalue weighted by Gasteiger charge is -2.56. The largest absolute Gasteiger partial charge is 0.299 e. The van der Waals surface area contributed by atoms with Crippen LogP contribution in [0.25, 0.3) is 0 Å². The molecule has 0 aromatic carbocycles. The summed E-state index contributed by atoms with van der Waals surface area (Å²) >= 11 is 0. The normalized spacial score (nSPS) is 47.3. The molecule has 0 spiro atoms. The van der Waals surface area contributed by atoms with Gasteiger partial charge < -0.3 is 0 Å². The molecular formula is C20H26O2. The molecule has 3 saturated carbocycles. The Hall–Kier alpha value is -1.18. The second-order valence-corrected chi connectivity index (χ2v) is 8.22. The fraction of sp³-hybridized carbons (Fsp3) is 0.700. The molecule has 2 nitrogen and oxygen atoms in total. The molecule has 4 rings (SSSR count). The van der Waals surface area contributed by atoms with E-state index in [4.69, 9.17) is 0 Å². The molecule has 22 heavy (non-hydrogen) atoms. The summed E-state index contributed by atoms with van der Waals surface area (Å²) < 4.78 is 0. The van der Waals surface area contributed by atoms with Crippen LogP contribution in [0.15, 0.2) is 24.3 Å². The van der Waals surface area contributed by atoms with Crippen LogP contribution in [0.3, 0.4) is 0 Å². The second kappa shape index (κ2) is 4.66. The van der Waals surface area contributed by atoms with Crippen molar-refractivity contribution in [1.82, 2.24) is 0 Å². The van der Waals surface area contributed by atoms with Crippen LogP contribution in [0.2, 0.25) is 0 Å². The van der Waals surface area contributed by atoms with E-state index in [1.807, 2.05) is 0 Å². The van der Waals surface area contributed by atoms with Crippen LogP contribution in [0.1, 0.15) is 58.3 Å². The molecule has 0 N–H and O–H groups in total. The van der Waals surface area contributed by atoms with Gasteiger partial charge in [0.25, 0.3) is 0 Å². The number of carbonyl (C=O) groups excluding carboxylic acids is 2. The number of ketones is 2. The van der Waals surface area contributed by atoms with Crippen LogP contribution in [0, 0.1) is 28.6 Å². The predicted octanol–water partition coefficient (Wildman–Crippen LogP) is 4.25. The van der Waals surface area contributed by atoms with Crippen molar-refractivity contribution >= 4 is 11.6 Å². The smallest absolute Gasteiger partial charge is 0.139 e. The zero-order chi connectivity index (χ0) is 15.5. The number of fused-ring (bicyclic) bond motifs is 5. The molecule has 0 amide bonds. The summed E-state index contributed by atoms with van der Waals surface area (Å²) in [4.78, 5) is 24.3. The third-order valence-electron chi connectivity index (χ3n) is 7.61. The zero-order valence-corrected chi connectivity index (χ0v) is 13.6. The molecular weight excluding hydrogens is 272 g/mol. The summed E-state index contributed by atoms with van der Waals surface area (Å²) in [5.41, 5.74) is 1.32. The highest BCUT2D eigenvalue weighted by molar-refractivity contribution is 5.87. The highest BCUT2D eigenvalue weighted by Gasteiger charge is 2.59. The van der Waals surface area contributed by atoms with E-state index in [0.717, 1.165) is 38.5 Å². The van der Waals surface area contributed by atoms with Gasteiger partial charge in [0.15, 0.2) is 0 Å². The number of hydrogen-bond donors (Lipinski definition) is 0. The Bertz CT molecular complexity index is 587. The fourth-order valence-electron chi connectivity index (χ4n) is 6.35. The van der Waals surface area contributed by atoms with Gasteiger partial charge in [-0.2, -0.15) is 0 Å². The fourth-order valence-corrected chi connectivity index (χ4v) is 6.35. The molecule has 0 aliphatic heterocycles. The lowest BCUT2D eigenvalue weighted by molar-refractivity contribution is -0.131. The Morgan fingerprint density at radius 2 is 2.00 bits per heavy atom. The van der Waals surface area contributed by atoms with Gasteiger partial charge in [0.1, 0.15) is 11.6 Å². The molecule has 0 bridgehead atoms. The molecule has 5 atom stereocenters. The van der Waals surface area contributed by atoms with Crippen molar-refractivity contribution in [3.63, 3.8) is 0 Å². The van der Waals surface area contributed by atoms with E-state index >= 15 is 0 Å². The van der Waals surface area contributed by atoms with Crippen LogP contribution in [-0.4, -0.2) is 11.6 Å².